The van der Waals surface area contributed by atoms with E-state index < -0.39 is 11.7 Å². The topological polar surface area (TPSA) is 57.4 Å². The molecule has 8 rings (SSSR count). The van der Waals surface area contributed by atoms with Crippen LogP contribution in [0.5, 0.6) is 0 Å². The number of nitriles is 2. The Morgan fingerprint density at radius 3 is 1.28 bits per heavy atom. The molecule has 6 aromatic carbocycles. The average Bonchev–Trinajstić information content (AvgIpc) is 3.60. The van der Waals surface area contributed by atoms with Gasteiger partial charge in [-0.1, -0.05) is 78.9 Å². The van der Waals surface area contributed by atoms with Crippen LogP contribution < -0.4 is 0 Å². The Kier molecular flexibility index (Phi) is 6.00. The fourth-order valence-corrected chi connectivity index (χ4v) is 6.70. The molecule has 4 nitrogen and oxygen atoms in total. The second-order valence-electron chi connectivity index (χ2n) is 11.1. The fraction of sp³-hybridized carbons (Fsp3) is 0.0256. The van der Waals surface area contributed by atoms with E-state index in [1.165, 1.54) is 12.1 Å². The van der Waals surface area contributed by atoms with Crippen LogP contribution in [0.2, 0.25) is 0 Å². The third-order valence-corrected chi connectivity index (χ3v) is 8.62. The Hall–Kier alpha value is -6.31. The van der Waals surface area contributed by atoms with Crippen molar-refractivity contribution >= 4 is 43.6 Å². The Morgan fingerprint density at radius 1 is 0.500 bits per heavy atom. The van der Waals surface area contributed by atoms with Crippen LogP contribution in [0.4, 0.5) is 13.2 Å². The molecule has 8 aromatic rings. The lowest BCUT2D eigenvalue weighted by atomic mass is 9.94. The van der Waals surface area contributed by atoms with Crippen molar-refractivity contribution in [2.45, 2.75) is 6.18 Å². The van der Waals surface area contributed by atoms with E-state index in [2.05, 4.69) is 6.07 Å². The van der Waals surface area contributed by atoms with Gasteiger partial charge in [-0.05, 0) is 59.7 Å². The zero-order chi connectivity index (χ0) is 31.6. The van der Waals surface area contributed by atoms with Crippen molar-refractivity contribution in [2.75, 3.05) is 0 Å². The number of hydrogen-bond acceptors (Lipinski definition) is 2. The molecule has 0 radical (unpaired) electrons. The predicted molar refractivity (Wildman–Crippen MR) is 175 cm³/mol. The Bertz CT molecular complexity index is 2370. The first-order valence-electron chi connectivity index (χ1n) is 14.6. The first-order chi connectivity index (χ1) is 22.4. The highest BCUT2D eigenvalue weighted by Crippen LogP contribution is 2.43. The van der Waals surface area contributed by atoms with E-state index in [9.17, 15) is 23.7 Å². The summed E-state index contributed by atoms with van der Waals surface area (Å²) in [5, 5.41) is 24.2. The molecule has 0 aliphatic rings. The highest BCUT2D eigenvalue weighted by atomic mass is 19.4. The van der Waals surface area contributed by atoms with Crippen molar-refractivity contribution < 1.29 is 13.2 Å². The minimum absolute atomic E-state index is 0.0833. The number of alkyl halides is 3. The number of nitrogens with zero attached hydrogens (tertiary/aromatic N) is 4. The first kappa shape index (κ1) is 27.3. The molecule has 0 bridgehead atoms. The molecule has 0 saturated heterocycles. The predicted octanol–water partition coefficient (Wildman–Crippen LogP) is 10.3. The summed E-state index contributed by atoms with van der Waals surface area (Å²) in [7, 11) is 0. The summed E-state index contributed by atoms with van der Waals surface area (Å²) in [5.74, 6) is 0. The molecular formula is C39H21F3N4. The summed E-state index contributed by atoms with van der Waals surface area (Å²) in [6, 6.07) is 42.4. The summed E-state index contributed by atoms with van der Waals surface area (Å²) in [4.78, 5) is 0. The number of para-hydroxylation sites is 4. The van der Waals surface area contributed by atoms with Gasteiger partial charge in [-0.25, -0.2) is 0 Å². The average molecular weight is 603 g/mol. The molecule has 0 spiro atoms. The minimum atomic E-state index is -4.73. The molecule has 0 fully saturated rings. The highest BCUT2D eigenvalue weighted by molar-refractivity contribution is 6.11. The lowest BCUT2D eigenvalue weighted by molar-refractivity contribution is -0.137. The third-order valence-electron chi connectivity index (χ3n) is 8.62. The molecule has 0 amide bonds. The third kappa shape index (κ3) is 4.00. The van der Waals surface area contributed by atoms with E-state index in [1.54, 1.807) is 12.1 Å². The zero-order valence-electron chi connectivity index (χ0n) is 24.0. The van der Waals surface area contributed by atoms with Crippen LogP contribution in [-0.2, 0) is 6.18 Å². The van der Waals surface area contributed by atoms with Crippen LogP contribution in [-0.4, -0.2) is 9.13 Å². The van der Waals surface area contributed by atoms with Crippen molar-refractivity contribution in [3.8, 4) is 34.6 Å². The van der Waals surface area contributed by atoms with Crippen LogP contribution in [0.25, 0.3) is 66.1 Å². The van der Waals surface area contributed by atoms with Crippen molar-refractivity contribution in [3.05, 3.63) is 144 Å². The molecule has 0 N–H and O–H groups in total. The summed E-state index contributed by atoms with van der Waals surface area (Å²) in [5.41, 5.74) is 3.67. The SMILES string of the molecule is N#Cc1ccc(-c2cc(-n3c4ccccc4c4ccccc43)c(C#N)c(-n3c4ccccc4c4ccccc43)c2)c(C(F)(F)F)c1. The van der Waals surface area contributed by atoms with Gasteiger partial charge in [-0.3, -0.25) is 0 Å². The van der Waals surface area contributed by atoms with Gasteiger partial charge in [0.05, 0.1) is 50.6 Å². The quantitative estimate of drug-likeness (QED) is 0.202. The standard InChI is InChI=1S/C39H21F3N4/c40-39(41,42)32-19-24(22-43)17-18-26(32)25-20-37(45-33-13-5-1-9-27(33)28-10-2-6-14-34(28)45)31(23-44)38(21-25)46-35-15-7-3-11-29(35)30-12-4-8-16-36(30)46/h1-21H. The Labute approximate surface area is 261 Å². The number of aromatic nitrogens is 2. The molecule has 0 saturated carbocycles. The summed E-state index contributed by atoms with van der Waals surface area (Å²) in [6.45, 7) is 0. The smallest absolute Gasteiger partial charge is 0.308 e. The lowest BCUT2D eigenvalue weighted by Gasteiger charge is -2.20. The highest BCUT2D eigenvalue weighted by Gasteiger charge is 2.35. The maximum absolute atomic E-state index is 14.6. The molecule has 0 aliphatic carbocycles. The van der Waals surface area contributed by atoms with Gasteiger partial charge in [0.15, 0.2) is 0 Å². The maximum atomic E-state index is 14.6. The van der Waals surface area contributed by atoms with Gasteiger partial charge >= 0.3 is 6.18 Å². The van der Waals surface area contributed by atoms with E-state index in [0.29, 0.717) is 16.9 Å². The zero-order valence-corrected chi connectivity index (χ0v) is 24.0. The first-order valence-corrected chi connectivity index (χ1v) is 14.6. The number of fused-ring (bicyclic) bond motifs is 6. The van der Waals surface area contributed by atoms with E-state index in [0.717, 1.165) is 49.7 Å². The van der Waals surface area contributed by atoms with Gasteiger partial charge in [-0.15, -0.1) is 0 Å². The molecule has 7 heteroatoms. The molecule has 218 valence electrons. The largest absolute Gasteiger partial charge is 0.417 e. The van der Waals surface area contributed by atoms with E-state index in [-0.39, 0.29) is 16.7 Å². The van der Waals surface area contributed by atoms with Crippen LogP contribution in [0.1, 0.15) is 16.7 Å². The van der Waals surface area contributed by atoms with Gasteiger partial charge in [0, 0.05) is 21.5 Å². The second-order valence-corrected chi connectivity index (χ2v) is 11.1. The number of halogens is 3. The molecular weight excluding hydrogens is 581 g/mol. The lowest BCUT2D eigenvalue weighted by Crippen LogP contribution is -2.09. The summed E-state index contributed by atoms with van der Waals surface area (Å²) in [6.07, 6.45) is -4.73. The Balaban J connectivity index is 1.58. The van der Waals surface area contributed by atoms with Crippen molar-refractivity contribution in [3.63, 3.8) is 0 Å². The van der Waals surface area contributed by atoms with Crippen LogP contribution in [0.3, 0.4) is 0 Å². The maximum Gasteiger partial charge on any atom is 0.417 e. The molecule has 2 aromatic heterocycles. The van der Waals surface area contributed by atoms with Crippen LogP contribution in [0.15, 0.2) is 127 Å². The molecule has 0 aliphatic heterocycles. The number of benzene rings is 6. The van der Waals surface area contributed by atoms with Crippen molar-refractivity contribution in [2.24, 2.45) is 0 Å². The van der Waals surface area contributed by atoms with Gasteiger partial charge in [0.2, 0.25) is 0 Å². The van der Waals surface area contributed by atoms with Crippen LogP contribution in [0, 0.1) is 22.7 Å². The number of hydrogen-bond donors (Lipinski definition) is 0. The van der Waals surface area contributed by atoms with Crippen molar-refractivity contribution in [1.29, 1.82) is 10.5 Å². The fourth-order valence-electron chi connectivity index (χ4n) is 6.70. The number of rotatable bonds is 3. The van der Waals surface area contributed by atoms with E-state index >= 15 is 0 Å². The summed E-state index contributed by atoms with van der Waals surface area (Å²) < 4.78 is 47.7. The normalized spacial score (nSPS) is 11.8. The minimum Gasteiger partial charge on any atom is -0.308 e. The van der Waals surface area contributed by atoms with Gasteiger partial charge in [-0.2, -0.15) is 23.7 Å². The Morgan fingerprint density at radius 2 is 0.913 bits per heavy atom. The van der Waals surface area contributed by atoms with E-state index in [4.69, 9.17) is 0 Å². The van der Waals surface area contributed by atoms with Crippen molar-refractivity contribution in [1.82, 2.24) is 9.13 Å². The van der Waals surface area contributed by atoms with Gasteiger partial charge in [0.25, 0.3) is 0 Å². The van der Waals surface area contributed by atoms with Gasteiger partial charge < -0.3 is 9.13 Å². The van der Waals surface area contributed by atoms with Crippen LogP contribution >= 0.6 is 0 Å². The summed E-state index contributed by atoms with van der Waals surface area (Å²) >= 11 is 0. The second kappa shape index (κ2) is 10.1. The molecule has 0 atom stereocenters. The molecule has 0 unspecified atom stereocenters. The molecule has 2 heterocycles. The monoisotopic (exact) mass is 602 g/mol. The van der Waals surface area contributed by atoms with Gasteiger partial charge in [0.1, 0.15) is 11.6 Å². The van der Waals surface area contributed by atoms with E-state index in [1.807, 2.05) is 112 Å². The molecule has 46 heavy (non-hydrogen) atoms.